The Morgan fingerprint density at radius 2 is 2.14 bits per heavy atom. The average Bonchev–Trinajstić information content (AvgIpc) is 3.27. The number of rotatable bonds is 6. The normalized spacial score (nSPS) is 18.4. The molecule has 3 rings (SSSR count). The molecule has 1 heterocycles. The van der Waals surface area contributed by atoms with Crippen LogP contribution in [0.25, 0.3) is 0 Å². The number of fused-ring (bicyclic) bond motifs is 1. The van der Waals surface area contributed by atoms with Crippen LogP contribution in [0.15, 0.2) is 18.2 Å². The summed E-state index contributed by atoms with van der Waals surface area (Å²) in [6.07, 6.45) is 2.54. The predicted octanol–water partition coefficient (Wildman–Crippen LogP) is 2.07. The van der Waals surface area contributed by atoms with Crippen molar-refractivity contribution in [2.24, 2.45) is 5.92 Å². The molecular weight excluding hydrogens is 268 g/mol. The zero-order valence-corrected chi connectivity index (χ0v) is 12.4. The number of carbonyl (C=O) groups is 2. The number of carbonyl (C=O) groups excluding carboxylic acids is 2. The smallest absolute Gasteiger partial charge is 0.296 e. The van der Waals surface area contributed by atoms with Crippen LogP contribution in [0.4, 0.5) is 11.4 Å². The molecule has 5 nitrogen and oxygen atoms in total. The highest BCUT2D eigenvalue weighted by atomic mass is 16.5. The third kappa shape index (κ3) is 2.65. The van der Waals surface area contributed by atoms with E-state index in [9.17, 15) is 9.59 Å². The summed E-state index contributed by atoms with van der Waals surface area (Å²) in [6.45, 7) is 3.68. The van der Waals surface area contributed by atoms with Crippen molar-refractivity contribution in [1.29, 1.82) is 0 Å². The summed E-state index contributed by atoms with van der Waals surface area (Å²) in [5, 5.41) is 2.64. The van der Waals surface area contributed by atoms with Crippen molar-refractivity contribution in [2.75, 3.05) is 30.5 Å². The van der Waals surface area contributed by atoms with Crippen LogP contribution in [-0.2, 0) is 9.53 Å². The van der Waals surface area contributed by atoms with Crippen molar-refractivity contribution in [3.8, 4) is 0 Å². The fourth-order valence-electron chi connectivity index (χ4n) is 2.90. The molecule has 1 atom stereocenters. The number of ether oxygens (including phenoxy) is 1. The van der Waals surface area contributed by atoms with Gasteiger partial charge in [-0.05, 0) is 43.9 Å². The number of anilines is 2. The third-order valence-electron chi connectivity index (χ3n) is 4.37. The predicted molar refractivity (Wildman–Crippen MR) is 80.8 cm³/mol. The van der Waals surface area contributed by atoms with Gasteiger partial charge in [-0.3, -0.25) is 9.59 Å². The van der Waals surface area contributed by atoms with Gasteiger partial charge in [-0.2, -0.15) is 0 Å². The maximum absolute atomic E-state index is 11.7. The van der Waals surface area contributed by atoms with Gasteiger partial charge in [-0.25, -0.2) is 0 Å². The summed E-state index contributed by atoms with van der Waals surface area (Å²) in [6, 6.07) is 5.99. The molecule has 0 aromatic heterocycles. The number of nitrogens with zero attached hydrogens (tertiary/aromatic N) is 1. The average molecular weight is 288 g/mol. The number of benzene rings is 1. The molecule has 1 N–H and O–H groups in total. The van der Waals surface area contributed by atoms with Crippen LogP contribution < -0.4 is 10.2 Å². The van der Waals surface area contributed by atoms with E-state index < -0.39 is 11.7 Å². The lowest BCUT2D eigenvalue weighted by atomic mass is 10.1. The summed E-state index contributed by atoms with van der Waals surface area (Å²) >= 11 is 0. The van der Waals surface area contributed by atoms with E-state index >= 15 is 0 Å². The number of Topliss-reactive ketones (excluding diaryl/α,β-unsaturated/α-hetero) is 1. The number of nitrogens with one attached hydrogen (secondary N) is 1. The Labute approximate surface area is 124 Å². The Kier molecular flexibility index (Phi) is 3.68. The quantitative estimate of drug-likeness (QED) is 0.814. The Balaban J connectivity index is 1.87. The van der Waals surface area contributed by atoms with Gasteiger partial charge in [-0.15, -0.1) is 0 Å². The van der Waals surface area contributed by atoms with Crippen molar-refractivity contribution in [3.05, 3.63) is 23.8 Å². The minimum Gasteiger partial charge on any atom is -0.383 e. The molecular formula is C16H20N2O3. The van der Waals surface area contributed by atoms with Crippen molar-refractivity contribution in [1.82, 2.24) is 0 Å². The molecule has 21 heavy (non-hydrogen) atoms. The van der Waals surface area contributed by atoms with Crippen molar-refractivity contribution in [2.45, 2.75) is 25.8 Å². The molecule has 0 bridgehead atoms. The summed E-state index contributed by atoms with van der Waals surface area (Å²) in [5.74, 6) is -0.262. The second-order valence-corrected chi connectivity index (χ2v) is 5.78. The summed E-state index contributed by atoms with van der Waals surface area (Å²) < 4.78 is 5.21. The van der Waals surface area contributed by atoms with Gasteiger partial charge in [0.1, 0.15) is 0 Å². The zero-order chi connectivity index (χ0) is 15.0. The van der Waals surface area contributed by atoms with E-state index in [4.69, 9.17) is 4.74 Å². The van der Waals surface area contributed by atoms with E-state index in [0.29, 0.717) is 23.9 Å². The van der Waals surface area contributed by atoms with Gasteiger partial charge in [0.2, 0.25) is 0 Å². The van der Waals surface area contributed by atoms with E-state index in [2.05, 4.69) is 17.1 Å². The first-order valence-electron chi connectivity index (χ1n) is 7.37. The van der Waals surface area contributed by atoms with Crippen LogP contribution >= 0.6 is 0 Å². The lowest BCUT2D eigenvalue weighted by Crippen LogP contribution is -2.37. The lowest BCUT2D eigenvalue weighted by molar-refractivity contribution is -0.112. The van der Waals surface area contributed by atoms with Crippen molar-refractivity contribution in [3.63, 3.8) is 0 Å². The lowest BCUT2D eigenvalue weighted by Gasteiger charge is -2.31. The van der Waals surface area contributed by atoms with Gasteiger partial charge < -0.3 is 15.0 Å². The fourth-order valence-corrected chi connectivity index (χ4v) is 2.90. The molecule has 1 amide bonds. The summed E-state index contributed by atoms with van der Waals surface area (Å²) in [7, 11) is 1.70. The molecule has 0 radical (unpaired) electrons. The summed E-state index contributed by atoms with van der Waals surface area (Å²) in [4.78, 5) is 25.4. The van der Waals surface area contributed by atoms with Crippen LogP contribution in [0.3, 0.4) is 0 Å². The fraction of sp³-hybridized carbons (Fsp3) is 0.500. The molecule has 2 aliphatic rings. The summed E-state index contributed by atoms with van der Waals surface area (Å²) in [5.41, 5.74) is 2.11. The zero-order valence-electron chi connectivity index (χ0n) is 12.4. The van der Waals surface area contributed by atoms with Crippen LogP contribution in [0.1, 0.15) is 30.1 Å². The van der Waals surface area contributed by atoms with Gasteiger partial charge in [0.25, 0.3) is 11.7 Å². The highest BCUT2D eigenvalue weighted by Gasteiger charge is 2.33. The maximum Gasteiger partial charge on any atom is 0.296 e. The SMILES string of the molecule is COCCN(c1ccc2c(c1)NC(=O)C2=O)C(C)C1CC1. The van der Waals surface area contributed by atoms with Crippen LogP contribution in [-0.4, -0.2) is 38.0 Å². The largest absolute Gasteiger partial charge is 0.383 e. The minimum absolute atomic E-state index is 0.436. The molecule has 112 valence electrons. The van der Waals surface area contributed by atoms with E-state index in [-0.39, 0.29) is 0 Å². The molecule has 5 heteroatoms. The molecule has 1 aliphatic carbocycles. The molecule has 1 aliphatic heterocycles. The van der Waals surface area contributed by atoms with Gasteiger partial charge >= 0.3 is 0 Å². The Morgan fingerprint density at radius 1 is 1.38 bits per heavy atom. The van der Waals surface area contributed by atoms with Gasteiger partial charge in [-0.1, -0.05) is 0 Å². The van der Waals surface area contributed by atoms with E-state index in [1.54, 1.807) is 13.2 Å². The molecule has 1 aromatic rings. The first-order chi connectivity index (χ1) is 10.1. The van der Waals surface area contributed by atoms with Crippen LogP contribution in [0.2, 0.25) is 0 Å². The maximum atomic E-state index is 11.7. The third-order valence-corrected chi connectivity index (χ3v) is 4.37. The Morgan fingerprint density at radius 3 is 2.81 bits per heavy atom. The molecule has 1 aromatic carbocycles. The Hall–Kier alpha value is -1.88. The second kappa shape index (κ2) is 5.48. The highest BCUT2D eigenvalue weighted by molar-refractivity contribution is 6.51. The van der Waals surface area contributed by atoms with Gasteiger partial charge in [0, 0.05) is 25.4 Å². The first-order valence-corrected chi connectivity index (χ1v) is 7.37. The van der Waals surface area contributed by atoms with Crippen LogP contribution in [0, 0.1) is 5.92 Å². The first kappa shape index (κ1) is 14.1. The van der Waals surface area contributed by atoms with Crippen molar-refractivity contribution >= 4 is 23.1 Å². The minimum atomic E-state index is -0.541. The number of hydrogen-bond donors (Lipinski definition) is 1. The van der Waals surface area contributed by atoms with Crippen molar-refractivity contribution < 1.29 is 14.3 Å². The van der Waals surface area contributed by atoms with E-state index in [1.807, 2.05) is 12.1 Å². The van der Waals surface area contributed by atoms with E-state index in [1.165, 1.54) is 12.8 Å². The molecule has 1 saturated carbocycles. The van der Waals surface area contributed by atoms with E-state index in [0.717, 1.165) is 18.2 Å². The molecule has 1 unspecified atom stereocenters. The standard InChI is InChI=1S/C16H20N2O3/c1-10(11-3-4-11)18(7-8-21-2)12-5-6-13-14(9-12)17-16(20)15(13)19/h5-6,9-11H,3-4,7-8H2,1-2H3,(H,17,19,20). The topological polar surface area (TPSA) is 58.6 Å². The Bertz CT molecular complexity index is 581. The van der Waals surface area contributed by atoms with Crippen LogP contribution in [0.5, 0.6) is 0 Å². The molecule has 1 fully saturated rings. The highest BCUT2D eigenvalue weighted by Crippen LogP contribution is 2.38. The number of methoxy groups -OCH3 is 1. The van der Waals surface area contributed by atoms with Gasteiger partial charge in [0.15, 0.2) is 0 Å². The number of amides is 1. The second-order valence-electron chi connectivity index (χ2n) is 5.78. The number of ketones is 1. The monoisotopic (exact) mass is 288 g/mol. The van der Waals surface area contributed by atoms with Gasteiger partial charge in [0.05, 0.1) is 17.9 Å². The molecule has 0 spiro atoms. The molecule has 0 saturated heterocycles. The number of hydrogen-bond acceptors (Lipinski definition) is 4.